The van der Waals surface area contributed by atoms with Crippen molar-refractivity contribution in [2.75, 3.05) is 43.5 Å². The highest BCUT2D eigenvalue weighted by Crippen LogP contribution is 2.29. The number of carbonyl (C=O) groups is 1. The second kappa shape index (κ2) is 10.8. The summed E-state index contributed by atoms with van der Waals surface area (Å²) in [5.41, 5.74) is 2.31. The Bertz CT molecular complexity index is 1000. The quantitative estimate of drug-likeness (QED) is 0.559. The molecule has 1 aliphatic heterocycles. The second-order valence-corrected chi connectivity index (χ2v) is 7.69. The highest BCUT2D eigenvalue weighted by atomic mass is 16.5. The molecule has 8 nitrogen and oxygen atoms in total. The lowest BCUT2D eigenvalue weighted by Crippen LogP contribution is -2.38. The fourth-order valence-electron chi connectivity index (χ4n) is 3.56. The first-order valence-electron chi connectivity index (χ1n) is 10.9. The smallest absolute Gasteiger partial charge is 0.323 e. The summed E-state index contributed by atoms with van der Waals surface area (Å²) in [6, 6.07) is 17.0. The summed E-state index contributed by atoms with van der Waals surface area (Å²) >= 11 is 0. The minimum absolute atomic E-state index is 0.146. The minimum atomic E-state index is -0.346. The molecule has 0 radical (unpaired) electrons. The van der Waals surface area contributed by atoms with E-state index in [2.05, 4.69) is 20.6 Å². The maximum Gasteiger partial charge on any atom is 0.323 e. The van der Waals surface area contributed by atoms with Crippen molar-refractivity contribution < 1.29 is 14.3 Å². The Balaban J connectivity index is 1.31. The molecule has 8 heteroatoms. The van der Waals surface area contributed by atoms with Gasteiger partial charge < -0.3 is 20.1 Å². The molecular formula is C24H29N5O3. The number of hydrogen-bond acceptors (Lipinski definition) is 5. The number of hydrogen-bond donors (Lipinski definition) is 2. The van der Waals surface area contributed by atoms with Crippen LogP contribution in [0.5, 0.6) is 5.75 Å². The Labute approximate surface area is 188 Å². The van der Waals surface area contributed by atoms with E-state index >= 15 is 0 Å². The molecule has 1 saturated heterocycles. The molecule has 1 atom stereocenters. The van der Waals surface area contributed by atoms with Gasteiger partial charge >= 0.3 is 6.03 Å². The molecule has 32 heavy (non-hydrogen) atoms. The lowest BCUT2D eigenvalue weighted by atomic mass is 10.1. The number of nitrogens with one attached hydrogen (secondary N) is 2. The molecule has 168 valence electrons. The molecule has 4 rings (SSSR count). The molecule has 2 N–H and O–H groups in total. The fourth-order valence-corrected chi connectivity index (χ4v) is 3.56. The molecule has 0 aliphatic carbocycles. The number of anilines is 2. The van der Waals surface area contributed by atoms with E-state index in [9.17, 15) is 4.79 Å². The monoisotopic (exact) mass is 435 g/mol. The van der Waals surface area contributed by atoms with Crippen LogP contribution in [0.15, 0.2) is 67.0 Å². The van der Waals surface area contributed by atoms with Crippen LogP contribution in [0.3, 0.4) is 0 Å². The van der Waals surface area contributed by atoms with Gasteiger partial charge in [-0.3, -0.25) is 9.58 Å². The zero-order chi connectivity index (χ0) is 22.2. The Morgan fingerprint density at radius 3 is 2.62 bits per heavy atom. The maximum atomic E-state index is 12.6. The molecule has 2 aromatic carbocycles. The van der Waals surface area contributed by atoms with Crippen LogP contribution >= 0.6 is 0 Å². The topological polar surface area (TPSA) is 80.7 Å². The molecule has 0 spiro atoms. The second-order valence-electron chi connectivity index (χ2n) is 7.69. The number of morpholine rings is 1. The van der Waals surface area contributed by atoms with Crippen molar-refractivity contribution in [1.29, 1.82) is 0 Å². The van der Waals surface area contributed by atoms with Crippen molar-refractivity contribution in [2.45, 2.75) is 19.6 Å². The van der Waals surface area contributed by atoms with Crippen molar-refractivity contribution in [3.05, 3.63) is 72.6 Å². The molecule has 1 unspecified atom stereocenters. The summed E-state index contributed by atoms with van der Waals surface area (Å²) in [6.07, 6.45) is 3.34. The van der Waals surface area contributed by atoms with Crippen molar-refractivity contribution in [1.82, 2.24) is 14.7 Å². The van der Waals surface area contributed by atoms with Crippen molar-refractivity contribution in [3.8, 4) is 5.75 Å². The third-order valence-electron chi connectivity index (χ3n) is 5.35. The van der Waals surface area contributed by atoms with E-state index in [-0.39, 0.29) is 12.1 Å². The SMILES string of the molecule is CC(Oc1ccccc1NC(=O)Nc1cnn(CCN2CCOCC2)c1)c1ccccc1. The van der Waals surface area contributed by atoms with Crippen molar-refractivity contribution in [2.24, 2.45) is 0 Å². The Hall–Kier alpha value is -3.36. The van der Waals surface area contributed by atoms with Crippen molar-refractivity contribution in [3.63, 3.8) is 0 Å². The van der Waals surface area contributed by atoms with Crippen LogP contribution in [0.4, 0.5) is 16.2 Å². The van der Waals surface area contributed by atoms with Crippen LogP contribution in [0.25, 0.3) is 0 Å². The average Bonchev–Trinajstić information content (AvgIpc) is 3.27. The number of carbonyl (C=O) groups excluding carboxylic acids is 1. The minimum Gasteiger partial charge on any atom is -0.484 e. The molecular weight excluding hydrogens is 406 g/mol. The Morgan fingerprint density at radius 2 is 1.81 bits per heavy atom. The van der Waals surface area contributed by atoms with Gasteiger partial charge in [0, 0.05) is 25.8 Å². The normalized spacial score (nSPS) is 15.2. The summed E-state index contributed by atoms with van der Waals surface area (Å²) in [5.74, 6) is 0.611. The number of para-hydroxylation sites is 2. The number of amides is 2. The average molecular weight is 436 g/mol. The van der Waals surface area contributed by atoms with Crippen molar-refractivity contribution >= 4 is 17.4 Å². The molecule has 0 bridgehead atoms. The standard InChI is InChI=1S/C24H29N5O3/c1-19(20-7-3-2-4-8-20)32-23-10-6-5-9-22(23)27-24(30)26-21-17-25-29(18-21)12-11-28-13-15-31-16-14-28/h2-10,17-19H,11-16H2,1H3,(H2,26,27,30). The zero-order valence-corrected chi connectivity index (χ0v) is 18.2. The van der Waals surface area contributed by atoms with Gasteiger partial charge in [0.15, 0.2) is 0 Å². The maximum absolute atomic E-state index is 12.6. The predicted molar refractivity (Wildman–Crippen MR) is 124 cm³/mol. The van der Waals surface area contributed by atoms with E-state index in [0.717, 1.165) is 45.0 Å². The summed E-state index contributed by atoms with van der Waals surface area (Å²) in [7, 11) is 0. The first-order valence-corrected chi connectivity index (χ1v) is 10.9. The van der Waals surface area contributed by atoms with Crippen LogP contribution in [-0.4, -0.2) is 53.6 Å². The fraction of sp³-hybridized carbons (Fsp3) is 0.333. The highest BCUT2D eigenvalue weighted by Gasteiger charge is 2.13. The van der Waals surface area contributed by atoms with Gasteiger partial charge in [-0.15, -0.1) is 0 Å². The Kier molecular flexibility index (Phi) is 7.37. The number of benzene rings is 2. The summed E-state index contributed by atoms with van der Waals surface area (Å²) < 4.78 is 13.3. The van der Waals surface area contributed by atoms with E-state index in [1.807, 2.05) is 72.4 Å². The molecule has 3 aromatic rings. The van der Waals surface area contributed by atoms with E-state index < -0.39 is 0 Å². The first-order chi connectivity index (χ1) is 15.7. The third kappa shape index (κ3) is 6.09. The van der Waals surface area contributed by atoms with Crippen LogP contribution in [0, 0.1) is 0 Å². The van der Waals surface area contributed by atoms with Crippen LogP contribution in [0.1, 0.15) is 18.6 Å². The number of urea groups is 1. The van der Waals surface area contributed by atoms with Gasteiger partial charge in [0.25, 0.3) is 0 Å². The van der Waals surface area contributed by atoms with E-state index in [4.69, 9.17) is 9.47 Å². The highest BCUT2D eigenvalue weighted by molar-refractivity contribution is 6.00. The van der Waals surface area contributed by atoms with E-state index in [1.54, 1.807) is 6.20 Å². The van der Waals surface area contributed by atoms with Gasteiger partial charge in [-0.2, -0.15) is 5.10 Å². The third-order valence-corrected chi connectivity index (χ3v) is 5.35. The molecule has 1 fully saturated rings. The van der Waals surface area contributed by atoms with Gasteiger partial charge in [-0.1, -0.05) is 42.5 Å². The van der Waals surface area contributed by atoms with Gasteiger partial charge in [0.05, 0.1) is 37.3 Å². The van der Waals surface area contributed by atoms with E-state index in [0.29, 0.717) is 17.1 Å². The molecule has 1 aromatic heterocycles. The molecule has 0 saturated carbocycles. The summed E-state index contributed by atoms with van der Waals surface area (Å²) in [6.45, 7) is 7.09. The van der Waals surface area contributed by atoms with Gasteiger partial charge in [0.2, 0.25) is 0 Å². The molecule has 2 amide bonds. The number of ether oxygens (including phenoxy) is 2. The van der Waals surface area contributed by atoms with Crippen LogP contribution < -0.4 is 15.4 Å². The van der Waals surface area contributed by atoms with Gasteiger partial charge in [-0.25, -0.2) is 4.79 Å². The summed E-state index contributed by atoms with van der Waals surface area (Å²) in [4.78, 5) is 14.9. The van der Waals surface area contributed by atoms with E-state index in [1.165, 1.54) is 0 Å². The van der Waals surface area contributed by atoms with Crippen LogP contribution in [0.2, 0.25) is 0 Å². The molecule has 1 aliphatic rings. The summed E-state index contributed by atoms with van der Waals surface area (Å²) in [5, 5.41) is 10.1. The predicted octanol–water partition coefficient (Wildman–Crippen LogP) is 4.00. The van der Waals surface area contributed by atoms with Crippen LogP contribution in [-0.2, 0) is 11.3 Å². The largest absolute Gasteiger partial charge is 0.484 e. The molecule has 2 heterocycles. The lowest BCUT2D eigenvalue weighted by molar-refractivity contribution is 0.0360. The number of rotatable bonds is 8. The van der Waals surface area contributed by atoms with Gasteiger partial charge in [0.1, 0.15) is 11.9 Å². The first kappa shape index (κ1) is 21.9. The van der Waals surface area contributed by atoms with Gasteiger partial charge in [-0.05, 0) is 24.6 Å². The number of nitrogens with zero attached hydrogens (tertiary/aromatic N) is 3. The number of aromatic nitrogens is 2. The zero-order valence-electron chi connectivity index (χ0n) is 18.2. The Morgan fingerprint density at radius 1 is 1.06 bits per heavy atom. The lowest BCUT2D eigenvalue weighted by Gasteiger charge is -2.26.